The molecule has 1 aliphatic heterocycles. The minimum absolute atomic E-state index is 0.117. The molecule has 2 rings (SSSR count). The number of hydrogen-bond acceptors (Lipinski definition) is 6. The first-order chi connectivity index (χ1) is 12.8. The van der Waals surface area contributed by atoms with Crippen LogP contribution in [0.2, 0.25) is 0 Å². The number of nitro groups is 1. The van der Waals surface area contributed by atoms with Gasteiger partial charge in [-0.25, -0.2) is 0 Å². The molecule has 0 saturated carbocycles. The van der Waals surface area contributed by atoms with E-state index in [1.54, 1.807) is 0 Å². The number of non-ortho nitro benzene ring substituents is 1. The number of hydrogen-bond donors (Lipinski definition) is 0. The highest BCUT2D eigenvalue weighted by Crippen LogP contribution is 2.38. The lowest BCUT2D eigenvalue weighted by Gasteiger charge is -2.35. The average Bonchev–Trinajstić information content (AvgIpc) is 2.62. The lowest BCUT2D eigenvalue weighted by Crippen LogP contribution is -2.50. The molecule has 1 atom stereocenters. The Morgan fingerprint density at radius 1 is 1.33 bits per heavy atom. The highest BCUT2D eigenvalue weighted by Gasteiger charge is 2.38. The molecule has 0 fully saturated rings. The number of anilines is 1. The number of rotatable bonds is 9. The maximum absolute atomic E-state index is 12.8. The Kier molecular flexibility index (Phi) is 7.15. The van der Waals surface area contributed by atoms with Crippen LogP contribution in [-0.4, -0.2) is 36.1 Å². The van der Waals surface area contributed by atoms with E-state index >= 15 is 0 Å². The van der Waals surface area contributed by atoms with E-state index in [9.17, 15) is 19.7 Å². The first-order valence-electron chi connectivity index (χ1n) is 9.27. The third-order valence-corrected chi connectivity index (χ3v) is 4.36. The Hall–Kier alpha value is -2.64. The van der Waals surface area contributed by atoms with Crippen LogP contribution in [0.3, 0.4) is 0 Å². The number of esters is 1. The molecule has 0 N–H and O–H groups in total. The summed E-state index contributed by atoms with van der Waals surface area (Å²) in [5.74, 6) is -0.717. The Bertz CT molecular complexity index is 703. The van der Waals surface area contributed by atoms with Crippen molar-refractivity contribution in [3.63, 3.8) is 0 Å². The van der Waals surface area contributed by atoms with Gasteiger partial charge in [0, 0.05) is 12.1 Å². The van der Waals surface area contributed by atoms with Gasteiger partial charge in [0.05, 0.1) is 17.2 Å². The molecule has 1 aromatic carbocycles. The van der Waals surface area contributed by atoms with Crippen LogP contribution >= 0.6 is 0 Å². The van der Waals surface area contributed by atoms with Gasteiger partial charge < -0.3 is 9.47 Å². The number of carbonyl (C=O) groups is 2. The van der Waals surface area contributed by atoms with Gasteiger partial charge in [0.25, 0.3) is 11.6 Å². The fraction of sp³-hybridized carbons (Fsp3) is 0.579. The van der Waals surface area contributed by atoms with Gasteiger partial charge in [-0.05, 0) is 18.4 Å². The van der Waals surface area contributed by atoms with Crippen molar-refractivity contribution in [3.05, 3.63) is 28.3 Å². The van der Waals surface area contributed by atoms with Gasteiger partial charge >= 0.3 is 5.97 Å². The molecule has 0 radical (unpaired) electrons. The minimum Gasteiger partial charge on any atom is -0.478 e. The largest absolute Gasteiger partial charge is 0.478 e. The minimum atomic E-state index is -0.753. The van der Waals surface area contributed by atoms with Crippen LogP contribution in [0.5, 0.6) is 5.75 Å². The molecule has 0 bridgehead atoms. The van der Waals surface area contributed by atoms with Crippen LogP contribution in [0.15, 0.2) is 18.2 Å². The third-order valence-electron chi connectivity index (χ3n) is 4.36. The summed E-state index contributed by atoms with van der Waals surface area (Å²) in [5.41, 5.74) is 0.0418. The van der Waals surface area contributed by atoms with Crippen molar-refractivity contribution in [1.82, 2.24) is 0 Å². The van der Waals surface area contributed by atoms with E-state index in [2.05, 4.69) is 6.92 Å². The summed E-state index contributed by atoms with van der Waals surface area (Å²) >= 11 is 0. The second-order valence-electron chi connectivity index (χ2n) is 6.90. The average molecular weight is 378 g/mol. The highest BCUT2D eigenvalue weighted by molar-refractivity contribution is 6.03. The number of ether oxygens (including phenoxy) is 2. The van der Waals surface area contributed by atoms with E-state index in [1.807, 2.05) is 13.8 Å². The molecule has 1 heterocycles. The normalized spacial score (nSPS) is 16.1. The lowest BCUT2D eigenvalue weighted by molar-refractivity contribution is -0.384. The van der Waals surface area contributed by atoms with Gasteiger partial charge in [0.2, 0.25) is 0 Å². The van der Waals surface area contributed by atoms with Gasteiger partial charge in [0.1, 0.15) is 12.3 Å². The number of amides is 1. The van der Waals surface area contributed by atoms with Crippen LogP contribution < -0.4 is 9.64 Å². The molecular weight excluding hydrogens is 352 g/mol. The summed E-state index contributed by atoms with van der Waals surface area (Å²) in [4.78, 5) is 36.7. The van der Waals surface area contributed by atoms with E-state index in [0.717, 1.165) is 25.7 Å². The predicted octanol–water partition coefficient (Wildman–Crippen LogP) is 3.47. The Morgan fingerprint density at radius 2 is 2.07 bits per heavy atom. The number of carbonyl (C=O) groups excluding carboxylic acids is 2. The highest BCUT2D eigenvalue weighted by atomic mass is 16.6. The number of nitro benzene ring substituents is 1. The van der Waals surface area contributed by atoms with Crippen molar-refractivity contribution >= 4 is 23.3 Å². The zero-order valence-corrected chi connectivity index (χ0v) is 16.0. The lowest BCUT2D eigenvalue weighted by atomic mass is 10.0. The molecule has 0 aliphatic carbocycles. The fourth-order valence-corrected chi connectivity index (χ4v) is 2.86. The predicted molar refractivity (Wildman–Crippen MR) is 99.8 cm³/mol. The van der Waals surface area contributed by atoms with Crippen LogP contribution in [-0.2, 0) is 14.3 Å². The van der Waals surface area contributed by atoms with Crippen molar-refractivity contribution in [2.75, 3.05) is 18.1 Å². The van der Waals surface area contributed by atoms with E-state index in [4.69, 9.17) is 9.47 Å². The summed E-state index contributed by atoms with van der Waals surface area (Å²) in [6.07, 6.45) is 3.16. The van der Waals surface area contributed by atoms with Crippen molar-refractivity contribution < 1.29 is 24.0 Å². The molecule has 1 aliphatic rings. The summed E-state index contributed by atoms with van der Waals surface area (Å²) < 4.78 is 10.9. The van der Waals surface area contributed by atoms with Crippen molar-refractivity contribution in [1.29, 1.82) is 0 Å². The first kappa shape index (κ1) is 20.7. The van der Waals surface area contributed by atoms with Gasteiger partial charge in [-0.15, -0.1) is 0 Å². The summed E-state index contributed by atoms with van der Waals surface area (Å²) in [7, 11) is 0. The molecule has 27 heavy (non-hydrogen) atoms. The molecule has 0 saturated heterocycles. The van der Waals surface area contributed by atoms with Gasteiger partial charge in [-0.3, -0.25) is 24.6 Å². The maximum Gasteiger partial charge on any atom is 0.326 e. The van der Waals surface area contributed by atoms with E-state index in [-0.39, 0.29) is 23.8 Å². The first-order valence-corrected chi connectivity index (χ1v) is 9.27. The van der Waals surface area contributed by atoms with Crippen molar-refractivity contribution in [2.45, 2.75) is 52.6 Å². The molecule has 1 aromatic rings. The van der Waals surface area contributed by atoms with Crippen LogP contribution in [0.4, 0.5) is 11.4 Å². The molecular formula is C19H26N2O6. The fourth-order valence-electron chi connectivity index (χ4n) is 2.86. The maximum atomic E-state index is 12.8. The second-order valence-corrected chi connectivity index (χ2v) is 6.90. The standard InChI is InChI=1S/C19H26N2O6/c1-4-5-6-7-10-26-17(22)12-20-15-11-14(21(24)25)8-9-16(15)27-18(13(2)3)19(20)23/h8-9,11,13,18H,4-7,10,12H2,1-3H3. The number of benzene rings is 1. The SMILES string of the molecule is CCCCCCOC(=O)CN1C(=O)C(C(C)C)Oc2ccc([N+](=O)[O-])cc21. The Balaban J connectivity index is 2.17. The molecule has 8 heteroatoms. The topological polar surface area (TPSA) is 99.0 Å². The number of fused-ring (bicyclic) bond motifs is 1. The third kappa shape index (κ3) is 5.18. The molecule has 1 amide bonds. The van der Waals surface area contributed by atoms with E-state index in [1.165, 1.54) is 23.1 Å². The summed E-state index contributed by atoms with van der Waals surface area (Å²) in [6.45, 7) is 5.77. The Morgan fingerprint density at radius 3 is 2.70 bits per heavy atom. The zero-order valence-electron chi connectivity index (χ0n) is 16.0. The van der Waals surface area contributed by atoms with Crippen LogP contribution in [0, 0.1) is 16.0 Å². The zero-order chi connectivity index (χ0) is 20.0. The van der Waals surface area contributed by atoms with Crippen molar-refractivity contribution in [2.24, 2.45) is 5.92 Å². The van der Waals surface area contributed by atoms with Gasteiger partial charge in [0.15, 0.2) is 6.10 Å². The number of unbranched alkanes of at least 4 members (excludes halogenated alkanes) is 3. The monoisotopic (exact) mass is 378 g/mol. The summed E-state index contributed by atoms with van der Waals surface area (Å²) in [5, 5.41) is 11.1. The summed E-state index contributed by atoms with van der Waals surface area (Å²) in [6, 6.07) is 4.02. The van der Waals surface area contributed by atoms with E-state index in [0.29, 0.717) is 12.4 Å². The smallest absolute Gasteiger partial charge is 0.326 e. The van der Waals surface area contributed by atoms with Gasteiger partial charge in [-0.2, -0.15) is 0 Å². The molecule has 1 unspecified atom stereocenters. The molecule has 0 aromatic heterocycles. The molecule has 8 nitrogen and oxygen atoms in total. The van der Waals surface area contributed by atoms with E-state index < -0.39 is 22.9 Å². The van der Waals surface area contributed by atoms with Crippen LogP contribution in [0.25, 0.3) is 0 Å². The molecule has 0 spiro atoms. The number of nitrogens with zero attached hydrogens (tertiary/aromatic N) is 2. The molecule has 148 valence electrons. The Labute approximate surface area is 158 Å². The quantitative estimate of drug-likeness (QED) is 0.282. The van der Waals surface area contributed by atoms with Crippen molar-refractivity contribution in [3.8, 4) is 5.75 Å². The second kappa shape index (κ2) is 9.34. The van der Waals surface area contributed by atoms with Gasteiger partial charge in [-0.1, -0.05) is 40.0 Å². The van der Waals surface area contributed by atoms with Crippen LogP contribution in [0.1, 0.15) is 46.5 Å².